The average molecular weight is 325 g/mol. The van der Waals surface area contributed by atoms with Crippen LogP contribution in [0.3, 0.4) is 0 Å². The van der Waals surface area contributed by atoms with Crippen LogP contribution in [0.1, 0.15) is 25.1 Å². The highest BCUT2D eigenvalue weighted by atomic mass is 35.5. The summed E-state index contributed by atoms with van der Waals surface area (Å²) in [5.74, 6) is 1.01. The zero-order valence-corrected chi connectivity index (χ0v) is 14.2. The minimum atomic E-state index is 0.359. The number of anilines is 1. The molecule has 4 nitrogen and oxygen atoms in total. The molecule has 6 heteroatoms. The van der Waals surface area contributed by atoms with Crippen LogP contribution in [0, 0.1) is 0 Å². The molecular weight excluding hydrogens is 304 g/mol. The van der Waals surface area contributed by atoms with Crippen molar-refractivity contribution in [1.29, 1.82) is 0 Å². The van der Waals surface area contributed by atoms with Crippen molar-refractivity contribution in [2.45, 2.75) is 26.7 Å². The van der Waals surface area contributed by atoms with Gasteiger partial charge in [0, 0.05) is 31.1 Å². The molecule has 0 radical (unpaired) electrons. The normalized spacial score (nSPS) is 16.8. The Morgan fingerprint density at radius 2 is 1.95 bits per heavy atom. The number of rotatable bonds is 4. The van der Waals surface area contributed by atoms with E-state index >= 15 is 0 Å². The maximum atomic E-state index is 6.12. The number of fused-ring (bicyclic) bond motifs is 1. The van der Waals surface area contributed by atoms with Gasteiger partial charge in [0.25, 0.3) is 0 Å². The third-order valence-corrected chi connectivity index (χ3v) is 5.30. The van der Waals surface area contributed by atoms with E-state index in [-0.39, 0.29) is 0 Å². The van der Waals surface area contributed by atoms with Gasteiger partial charge in [0.05, 0.1) is 5.39 Å². The van der Waals surface area contributed by atoms with Crippen LogP contribution in [-0.2, 0) is 6.42 Å². The Bertz CT molecular complexity index is 619. The zero-order valence-electron chi connectivity index (χ0n) is 12.6. The van der Waals surface area contributed by atoms with Gasteiger partial charge in [-0.2, -0.15) is 4.98 Å². The number of hydrogen-bond donors (Lipinski definition) is 0. The quantitative estimate of drug-likeness (QED) is 0.806. The largest absolute Gasteiger partial charge is 0.353 e. The van der Waals surface area contributed by atoms with Gasteiger partial charge in [-0.1, -0.05) is 13.8 Å². The molecule has 2 aromatic heterocycles. The molecule has 1 saturated heterocycles. The molecule has 1 fully saturated rings. The van der Waals surface area contributed by atoms with E-state index < -0.39 is 0 Å². The molecule has 0 aliphatic carbocycles. The average Bonchev–Trinajstić information content (AvgIpc) is 2.90. The molecule has 0 spiro atoms. The van der Waals surface area contributed by atoms with Crippen molar-refractivity contribution in [2.24, 2.45) is 0 Å². The summed E-state index contributed by atoms with van der Waals surface area (Å²) < 4.78 is 0. The Balaban J connectivity index is 1.88. The molecule has 1 aliphatic rings. The van der Waals surface area contributed by atoms with E-state index in [4.69, 9.17) is 11.6 Å². The molecule has 0 atom stereocenters. The third kappa shape index (κ3) is 3.15. The van der Waals surface area contributed by atoms with Crippen LogP contribution in [0.4, 0.5) is 5.82 Å². The fourth-order valence-electron chi connectivity index (χ4n) is 2.85. The zero-order chi connectivity index (χ0) is 14.8. The highest BCUT2D eigenvalue weighted by Gasteiger charge is 2.21. The van der Waals surface area contributed by atoms with Gasteiger partial charge in [-0.25, -0.2) is 4.98 Å². The molecule has 0 aromatic carbocycles. The van der Waals surface area contributed by atoms with E-state index in [2.05, 4.69) is 39.7 Å². The van der Waals surface area contributed by atoms with Crippen molar-refractivity contribution < 1.29 is 0 Å². The third-order valence-electron chi connectivity index (χ3n) is 3.96. The molecular formula is C15H21ClN4S. The van der Waals surface area contributed by atoms with Crippen LogP contribution < -0.4 is 4.90 Å². The lowest BCUT2D eigenvalue weighted by Gasteiger charge is -2.35. The first-order valence-corrected chi connectivity index (χ1v) is 8.84. The molecule has 0 unspecified atom stereocenters. The van der Waals surface area contributed by atoms with Crippen molar-refractivity contribution >= 4 is 39.0 Å². The minimum Gasteiger partial charge on any atom is -0.353 e. The molecule has 21 heavy (non-hydrogen) atoms. The Morgan fingerprint density at radius 3 is 2.62 bits per heavy atom. The Hall–Kier alpha value is -0.910. The smallest absolute Gasteiger partial charge is 0.225 e. The van der Waals surface area contributed by atoms with Crippen LogP contribution in [0.2, 0.25) is 5.28 Å². The Kier molecular flexibility index (Phi) is 4.62. The lowest BCUT2D eigenvalue weighted by Crippen LogP contribution is -2.46. The standard InChI is InChI=1S/C15H21ClN4S/c1-3-5-19-6-8-20(9-7-19)13-12-10-11(4-2)21-14(12)18-15(16)17-13/h10H,3-9H2,1-2H3. The summed E-state index contributed by atoms with van der Waals surface area (Å²) >= 11 is 7.85. The molecule has 0 amide bonds. The second-order valence-electron chi connectivity index (χ2n) is 5.43. The number of thiophene rings is 1. The number of piperazine rings is 1. The maximum Gasteiger partial charge on any atom is 0.225 e. The van der Waals surface area contributed by atoms with Crippen LogP contribution in [-0.4, -0.2) is 47.6 Å². The fourth-order valence-corrected chi connectivity index (χ4v) is 4.02. The summed E-state index contributed by atoms with van der Waals surface area (Å²) in [7, 11) is 0. The molecule has 0 saturated carbocycles. The molecule has 0 N–H and O–H groups in total. The van der Waals surface area contributed by atoms with Gasteiger partial charge in [-0.3, -0.25) is 4.90 Å². The molecule has 2 aromatic rings. The monoisotopic (exact) mass is 324 g/mol. The molecule has 1 aliphatic heterocycles. The molecule has 0 bridgehead atoms. The van der Waals surface area contributed by atoms with Crippen LogP contribution in [0.5, 0.6) is 0 Å². The van der Waals surface area contributed by atoms with Crippen molar-refractivity contribution in [2.75, 3.05) is 37.6 Å². The maximum absolute atomic E-state index is 6.12. The Labute approximate surface area is 134 Å². The molecule has 114 valence electrons. The van der Waals surface area contributed by atoms with Crippen LogP contribution >= 0.6 is 22.9 Å². The van der Waals surface area contributed by atoms with Crippen LogP contribution in [0.25, 0.3) is 10.2 Å². The molecule has 3 rings (SSSR count). The number of halogens is 1. The summed E-state index contributed by atoms with van der Waals surface area (Å²) in [6, 6.07) is 2.23. The van der Waals surface area contributed by atoms with E-state index in [1.807, 2.05) is 0 Å². The first kappa shape index (κ1) is 15.0. The van der Waals surface area contributed by atoms with E-state index in [1.165, 1.54) is 17.8 Å². The summed E-state index contributed by atoms with van der Waals surface area (Å²) in [5.41, 5.74) is 0. The van der Waals surface area contributed by atoms with Crippen molar-refractivity contribution in [3.8, 4) is 0 Å². The van der Waals surface area contributed by atoms with Gasteiger partial charge >= 0.3 is 0 Å². The van der Waals surface area contributed by atoms with Crippen molar-refractivity contribution in [1.82, 2.24) is 14.9 Å². The number of hydrogen-bond acceptors (Lipinski definition) is 5. The highest BCUT2D eigenvalue weighted by molar-refractivity contribution is 7.18. The number of nitrogens with zero attached hydrogens (tertiary/aromatic N) is 4. The van der Waals surface area contributed by atoms with E-state index in [9.17, 15) is 0 Å². The Morgan fingerprint density at radius 1 is 1.19 bits per heavy atom. The summed E-state index contributed by atoms with van der Waals surface area (Å²) in [6.45, 7) is 9.82. The first-order chi connectivity index (χ1) is 10.2. The van der Waals surface area contributed by atoms with Gasteiger partial charge in [-0.15, -0.1) is 11.3 Å². The SMILES string of the molecule is CCCN1CCN(c2nc(Cl)nc3sc(CC)cc23)CC1. The lowest BCUT2D eigenvalue weighted by atomic mass is 10.2. The van der Waals surface area contributed by atoms with Crippen molar-refractivity contribution in [3.63, 3.8) is 0 Å². The van der Waals surface area contributed by atoms with Gasteiger partial charge < -0.3 is 4.90 Å². The highest BCUT2D eigenvalue weighted by Crippen LogP contribution is 2.32. The van der Waals surface area contributed by atoms with E-state index in [0.717, 1.165) is 48.6 Å². The van der Waals surface area contributed by atoms with Gasteiger partial charge in [0.1, 0.15) is 10.6 Å². The summed E-state index contributed by atoms with van der Waals surface area (Å²) in [5, 5.41) is 1.52. The summed E-state index contributed by atoms with van der Waals surface area (Å²) in [6.07, 6.45) is 2.25. The summed E-state index contributed by atoms with van der Waals surface area (Å²) in [4.78, 5) is 16.1. The van der Waals surface area contributed by atoms with E-state index in [1.54, 1.807) is 11.3 Å². The van der Waals surface area contributed by atoms with Gasteiger partial charge in [0.15, 0.2) is 0 Å². The minimum absolute atomic E-state index is 0.359. The van der Waals surface area contributed by atoms with Crippen LogP contribution in [0.15, 0.2) is 6.07 Å². The fraction of sp³-hybridized carbons (Fsp3) is 0.600. The number of aromatic nitrogens is 2. The van der Waals surface area contributed by atoms with Gasteiger partial charge in [-0.05, 0) is 37.1 Å². The second-order valence-corrected chi connectivity index (χ2v) is 6.88. The number of aryl methyl sites for hydroxylation is 1. The van der Waals surface area contributed by atoms with Crippen molar-refractivity contribution in [3.05, 3.63) is 16.2 Å². The topological polar surface area (TPSA) is 32.3 Å². The lowest BCUT2D eigenvalue weighted by molar-refractivity contribution is 0.258. The second kappa shape index (κ2) is 6.46. The molecule has 3 heterocycles. The predicted molar refractivity (Wildman–Crippen MR) is 90.7 cm³/mol. The predicted octanol–water partition coefficient (Wildman–Crippen LogP) is 3.44. The first-order valence-electron chi connectivity index (χ1n) is 7.64. The van der Waals surface area contributed by atoms with Gasteiger partial charge in [0.2, 0.25) is 5.28 Å². The van der Waals surface area contributed by atoms with E-state index in [0.29, 0.717) is 5.28 Å².